The minimum Gasteiger partial charge on any atom is -0.381 e. The minimum atomic E-state index is 0.482. The summed E-state index contributed by atoms with van der Waals surface area (Å²) < 4.78 is 5.50. The van der Waals surface area contributed by atoms with E-state index >= 15 is 0 Å². The molecule has 2 aliphatic heterocycles. The summed E-state index contributed by atoms with van der Waals surface area (Å²) in [5, 5.41) is 1.14. The molecule has 0 spiro atoms. The Balaban J connectivity index is 1.94. The second-order valence-corrected chi connectivity index (χ2v) is 5.98. The molecule has 0 aromatic carbocycles. The number of hydrogen-bond donors (Lipinski definition) is 0. The number of rotatable bonds is 4. The van der Waals surface area contributed by atoms with Gasteiger partial charge in [0.15, 0.2) is 0 Å². The Labute approximate surface area is 108 Å². The molecule has 16 heavy (non-hydrogen) atoms. The number of likely N-dealkylation sites (tertiary alicyclic amines) is 1. The minimum absolute atomic E-state index is 0.482. The highest BCUT2D eigenvalue weighted by Crippen LogP contribution is 2.35. The molecule has 0 bridgehead atoms. The average Bonchev–Trinajstić information content (AvgIpc) is 2.77. The number of alkyl halides is 1. The molecule has 2 fully saturated rings. The van der Waals surface area contributed by atoms with Gasteiger partial charge in [-0.2, -0.15) is 0 Å². The Hall–Kier alpha value is 0.400. The second kappa shape index (κ2) is 5.83. The van der Waals surface area contributed by atoms with Gasteiger partial charge in [0.05, 0.1) is 0 Å². The molecule has 3 heteroatoms. The zero-order chi connectivity index (χ0) is 11.4. The van der Waals surface area contributed by atoms with Crippen molar-refractivity contribution in [3.63, 3.8) is 0 Å². The van der Waals surface area contributed by atoms with Crippen LogP contribution < -0.4 is 0 Å². The molecule has 2 rings (SSSR count). The van der Waals surface area contributed by atoms with Gasteiger partial charge in [-0.15, -0.1) is 0 Å². The molecule has 0 aromatic heterocycles. The number of nitrogens with zero attached hydrogens (tertiary/aromatic N) is 1. The summed E-state index contributed by atoms with van der Waals surface area (Å²) in [6, 6.07) is 0.846. The highest BCUT2D eigenvalue weighted by Gasteiger charge is 2.36. The van der Waals surface area contributed by atoms with Gasteiger partial charge in [0, 0.05) is 31.1 Å². The fraction of sp³-hybridized carbons (Fsp3) is 1.00. The third-order valence-corrected chi connectivity index (χ3v) is 5.54. The van der Waals surface area contributed by atoms with Gasteiger partial charge in [0.1, 0.15) is 0 Å². The van der Waals surface area contributed by atoms with Crippen molar-refractivity contribution in [2.75, 3.05) is 31.6 Å². The maximum Gasteiger partial charge on any atom is 0.0472 e. The van der Waals surface area contributed by atoms with Crippen molar-refractivity contribution in [2.45, 2.75) is 45.1 Å². The van der Waals surface area contributed by atoms with E-state index in [4.69, 9.17) is 4.74 Å². The maximum absolute atomic E-state index is 5.50. The van der Waals surface area contributed by atoms with E-state index in [0.29, 0.717) is 5.41 Å². The quantitative estimate of drug-likeness (QED) is 0.738. The first kappa shape index (κ1) is 12.8. The standard InChI is InChI=1S/C13H24BrNO/c1-2-12-4-3-7-15(12)11-13(10-14)5-8-16-9-6-13/h12H,2-11H2,1H3. The molecule has 2 nitrogen and oxygen atoms in total. The zero-order valence-electron chi connectivity index (χ0n) is 10.4. The van der Waals surface area contributed by atoms with Crippen molar-refractivity contribution in [3.05, 3.63) is 0 Å². The van der Waals surface area contributed by atoms with E-state index in [0.717, 1.165) is 24.6 Å². The number of ether oxygens (including phenoxy) is 1. The van der Waals surface area contributed by atoms with E-state index in [-0.39, 0.29) is 0 Å². The van der Waals surface area contributed by atoms with Crippen LogP contribution in [0.3, 0.4) is 0 Å². The van der Waals surface area contributed by atoms with E-state index in [1.165, 1.54) is 45.2 Å². The molecule has 2 heterocycles. The molecular formula is C13H24BrNO. The van der Waals surface area contributed by atoms with Crippen molar-refractivity contribution < 1.29 is 4.74 Å². The highest BCUT2D eigenvalue weighted by atomic mass is 79.9. The second-order valence-electron chi connectivity index (χ2n) is 5.42. The van der Waals surface area contributed by atoms with Crippen LogP contribution in [0.4, 0.5) is 0 Å². The van der Waals surface area contributed by atoms with Crippen LogP contribution in [0, 0.1) is 5.41 Å². The van der Waals surface area contributed by atoms with Crippen LogP contribution in [-0.2, 0) is 4.74 Å². The summed E-state index contributed by atoms with van der Waals surface area (Å²) in [7, 11) is 0. The Kier molecular flexibility index (Phi) is 4.68. The summed E-state index contributed by atoms with van der Waals surface area (Å²) in [6.45, 7) is 6.83. The van der Waals surface area contributed by atoms with E-state index in [2.05, 4.69) is 27.8 Å². The molecule has 1 atom stereocenters. The zero-order valence-corrected chi connectivity index (χ0v) is 12.0. The Morgan fingerprint density at radius 3 is 2.75 bits per heavy atom. The number of hydrogen-bond acceptors (Lipinski definition) is 2. The van der Waals surface area contributed by atoms with Gasteiger partial charge in [-0.05, 0) is 44.1 Å². The van der Waals surface area contributed by atoms with Crippen LogP contribution in [0.5, 0.6) is 0 Å². The molecule has 2 aliphatic rings. The van der Waals surface area contributed by atoms with Crippen LogP contribution in [-0.4, -0.2) is 42.6 Å². The van der Waals surface area contributed by atoms with E-state index in [9.17, 15) is 0 Å². The number of halogens is 1. The fourth-order valence-corrected chi connectivity index (χ4v) is 3.87. The average molecular weight is 290 g/mol. The van der Waals surface area contributed by atoms with Gasteiger partial charge >= 0.3 is 0 Å². The molecule has 2 saturated heterocycles. The monoisotopic (exact) mass is 289 g/mol. The van der Waals surface area contributed by atoms with Gasteiger partial charge in [-0.1, -0.05) is 22.9 Å². The van der Waals surface area contributed by atoms with E-state index < -0.39 is 0 Å². The van der Waals surface area contributed by atoms with Crippen LogP contribution in [0.1, 0.15) is 39.0 Å². The van der Waals surface area contributed by atoms with E-state index in [1.807, 2.05) is 0 Å². The summed E-state index contributed by atoms with van der Waals surface area (Å²) in [4.78, 5) is 2.73. The first-order chi connectivity index (χ1) is 7.79. The first-order valence-corrected chi connectivity index (χ1v) is 7.79. The molecule has 0 N–H and O–H groups in total. The Morgan fingerprint density at radius 1 is 1.38 bits per heavy atom. The SMILES string of the molecule is CCC1CCCN1CC1(CBr)CCOCC1. The molecule has 0 saturated carbocycles. The van der Waals surface area contributed by atoms with Gasteiger partial charge in [0.2, 0.25) is 0 Å². The van der Waals surface area contributed by atoms with Gasteiger partial charge in [0.25, 0.3) is 0 Å². The highest BCUT2D eigenvalue weighted by molar-refractivity contribution is 9.09. The third kappa shape index (κ3) is 2.80. The summed E-state index contributed by atoms with van der Waals surface area (Å²) in [6.07, 6.45) is 6.57. The van der Waals surface area contributed by atoms with Gasteiger partial charge in [-0.25, -0.2) is 0 Å². The van der Waals surface area contributed by atoms with Crippen molar-refractivity contribution >= 4 is 15.9 Å². The van der Waals surface area contributed by atoms with Crippen LogP contribution in [0.15, 0.2) is 0 Å². The van der Waals surface area contributed by atoms with Crippen LogP contribution >= 0.6 is 15.9 Å². The topological polar surface area (TPSA) is 12.5 Å². The van der Waals surface area contributed by atoms with Crippen molar-refractivity contribution in [1.82, 2.24) is 4.90 Å². The summed E-state index contributed by atoms with van der Waals surface area (Å²) >= 11 is 3.74. The lowest BCUT2D eigenvalue weighted by Crippen LogP contribution is -2.44. The lowest BCUT2D eigenvalue weighted by Gasteiger charge is -2.40. The molecule has 0 aromatic rings. The third-order valence-electron chi connectivity index (χ3n) is 4.35. The normalized spacial score (nSPS) is 30.8. The summed E-state index contributed by atoms with van der Waals surface area (Å²) in [5.41, 5.74) is 0.482. The molecular weight excluding hydrogens is 266 g/mol. The Morgan fingerprint density at radius 2 is 2.12 bits per heavy atom. The fourth-order valence-electron chi connectivity index (χ4n) is 3.13. The molecule has 0 aliphatic carbocycles. The maximum atomic E-state index is 5.50. The summed E-state index contributed by atoms with van der Waals surface area (Å²) in [5.74, 6) is 0. The van der Waals surface area contributed by atoms with E-state index in [1.54, 1.807) is 0 Å². The molecule has 94 valence electrons. The molecule has 1 unspecified atom stereocenters. The first-order valence-electron chi connectivity index (χ1n) is 6.67. The van der Waals surface area contributed by atoms with Crippen LogP contribution in [0.25, 0.3) is 0 Å². The van der Waals surface area contributed by atoms with Gasteiger partial charge in [-0.3, -0.25) is 4.90 Å². The van der Waals surface area contributed by atoms with Gasteiger partial charge < -0.3 is 4.74 Å². The predicted molar refractivity (Wildman–Crippen MR) is 71.2 cm³/mol. The lowest BCUT2D eigenvalue weighted by molar-refractivity contribution is 0.00586. The smallest absolute Gasteiger partial charge is 0.0472 e. The largest absolute Gasteiger partial charge is 0.381 e. The molecule has 0 amide bonds. The molecule has 0 radical (unpaired) electrons. The van der Waals surface area contributed by atoms with Crippen molar-refractivity contribution in [3.8, 4) is 0 Å². The van der Waals surface area contributed by atoms with Crippen molar-refractivity contribution in [2.24, 2.45) is 5.41 Å². The van der Waals surface area contributed by atoms with Crippen molar-refractivity contribution in [1.29, 1.82) is 0 Å². The lowest BCUT2D eigenvalue weighted by atomic mass is 9.81. The van der Waals surface area contributed by atoms with Crippen LogP contribution in [0.2, 0.25) is 0 Å². The Bertz CT molecular complexity index is 216. The predicted octanol–water partition coefficient (Wildman–Crippen LogP) is 3.05.